The fourth-order valence-electron chi connectivity index (χ4n) is 2.35. The summed E-state index contributed by atoms with van der Waals surface area (Å²) in [6, 6.07) is 7.29. The molecule has 0 atom stereocenters. The van der Waals surface area contributed by atoms with Crippen LogP contribution in [0.4, 0.5) is 13.2 Å². The lowest BCUT2D eigenvalue weighted by Crippen LogP contribution is -2.12. The number of nitrogens with one attached hydrogen (secondary N) is 1. The van der Waals surface area contributed by atoms with Gasteiger partial charge in [-0.25, -0.2) is 13.2 Å². The van der Waals surface area contributed by atoms with E-state index in [1.807, 2.05) is 0 Å². The van der Waals surface area contributed by atoms with Gasteiger partial charge in [0.2, 0.25) is 0 Å². The molecule has 1 N–H and O–H groups in total. The van der Waals surface area contributed by atoms with E-state index in [-0.39, 0.29) is 32.3 Å². The van der Waals surface area contributed by atoms with Crippen molar-refractivity contribution in [2.75, 3.05) is 0 Å². The van der Waals surface area contributed by atoms with Gasteiger partial charge in [-0.2, -0.15) is 5.26 Å². The highest BCUT2D eigenvalue weighted by molar-refractivity contribution is 7.98. The fraction of sp³-hybridized carbons (Fsp3) is 0.0588. The van der Waals surface area contributed by atoms with Crippen molar-refractivity contribution in [3.63, 3.8) is 0 Å². The number of H-pyrrole nitrogens is 1. The van der Waals surface area contributed by atoms with Crippen LogP contribution >= 0.6 is 23.4 Å². The molecule has 0 spiro atoms. The van der Waals surface area contributed by atoms with E-state index in [1.165, 1.54) is 6.07 Å². The standard InChI is InChI=1S/C17H8ClF3N2OS/c18-15-12(13(20)3-4-14(15)21)7-25-17-10-5-8(19)1-2-9(10)11(6-22)16(24)23-17/h1-5H,7H2,(H,23,24). The molecule has 8 heteroatoms. The number of rotatable bonds is 3. The van der Waals surface area contributed by atoms with Crippen molar-refractivity contribution in [1.29, 1.82) is 5.26 Å². The summed E-state index contributed by atoms with van der Waals surface area (Å²) in [7, 11) is 0. The van der Waals surface area contributed by atoms with Gasteiger partial charge in [-0.15, -0.1) is 11.8 Å². The van der Waals surface area contributed by atoms with Crippen molar-refractivity contribution < 1.29 is 13.2 Å². The summed E-state index contributed by atoms with van der Waals surface area (Å²) in [5.74, 6) is -2.09. The van der Waals surface area contributed by atoms with Crippen LogP contribution in [0.25, 0.3) is 10.8 Å². The maximum Gasteiger partial charge on any atom is 0.267 e. The molecule has 0 fully saturated rings. The van der Waals surface area contributed by atoms with Gasteiger partial charge in [0.1, 0.15) is 29.1 Å². The number of aromatic nitrogens is 1. The molecule has 0 aliphatic carbocycles. The Labute approximate surface area is 149 Å². The zero-order valence-electron chi connectivity index (χ0n) is 12.4. The van der Waals surface area contributed by atoms with Crippen molar-refractivity contribution in [2.45, 2.75) is 10.8 Å². The molecule has 126 valence electrons. The largest absolute Gasteiger partial charge is 0.315 e. The molecular formula is C17H8ClF3N2OS. The molecule has 0 amide bonds. The van der Waals surface area contributed by atoms with Gasteiger partial charge >= 0.3 is 0 Å². The Morgan fingerprint density at radius 2 is 1.84 bits per heavy atom. The third-order valence-electron chi connectivity index (χ3n) is 3.56. The molecule has 0 bridgehead atoms. The SMILES string of the molecule is N#Cc1c(=O)[nH]c(SCc2c(F)ccc(F)c2Cl)c2cc(F)ccc12. The summed E-state index contributed by atoms with van der Waals surface area (Å²) in [5, 5.41) is 9.57. The summed E-state index contributed by atoms with van der Waals surface area (Å²) in [6.07, 6.45) is 0. The van der Waals surface area contributed by atoms with Crippen LogP contribution in [-0.2, 0) is 5.75 Å². The van der Waals surface area contributed by atoms with Crippen LogP contribution in [0.5, 0.6) is 0 Å². The zero-order valence-corrected chi connectivity index (χ0v) is 13.9. The third-order valence-corrected chi connectivity index (χ3v) is 5.01. The lowest BCUT2D eigenvalue weighted by Gasteiger charge is -2.10. The van der Waals surface area contributed by atoms with Crippen molar-refractivity contribution in [1.82, 2.24) is 4.98 Å². The number of hydrogen-bond acceptors (Lipinski definition) is 3. The van der Waals surface area contributed by atoms with E-state index in [0.717, 1.165) is 36.0 Å². The number of pyridine rings is 1. The lowest BCUT2D eigenvalue weighted by atomic mass is 10.1. The molecule has 1 aromatic heterocycles. The van der Waals surface area contributed by atoms with Gasteiger partial charge in [-0.3, -0.25) is 4.79 Å². The third kappa shape index (κ3) is 3.23. The first-order chi connectivity index (χ1) is 11.9. The Hall–Kier alpha value is -2.43. The van der Waals surface area contributed by atoms with Gasteiger partial charge in [0.25, 0.3) is 5.56 Å². The van der Waals surface area contributed by atoms with Crippen LogP contribution in [0.15, 0.2) is 40.2 Å². The first-order valence-corrected chi connectivity index (χ1v) is 8.29. The van der Waals surface area contributed by atoms with Gasteiger partial charge in [0.05, 0.1) is 10.0 Å². The topological polar surface area (TPSA) is 56.6 Å². The van der Waals surface area contributed by atoms with E-state index in [4.69, 9.17) is 16.9 Å². The number of hydrogen-bond donors (Lipinski definition) is 1. The highest BCUT2D eigenvalue weighted by Gasteiger charge is 2.16. The Morgan fingerprint density at radius 1 is 1.12 bits per heavy atom. The van der Waals surface area contributed by atoms with E-state index in [0.29, 0.717) is 5.39 Å². The molecular weight excluding hydrogens is 373 g/mol. The number of fused-ring (bicyclic) bond motifs is 1. The normalized spacial score (nSPS) is 10.8. The molecule has 0 saturated heterocycles. The van der Waals surface area contributed by atoms with E-state index in [1.54, 1.807) is 6.07 Å². The molecule has 0 saturated carbocycles. The molecule has 2 aromatic carbocycles. The van der Waals surface area contributed by atoms with Crippen LogP contribution in [0.2, 0.25) is 5.02 Å². The van der Waals surface area contributed by atoms with Crippen molar-refractivity contribution >= 4 is 34.1 Å². The minimum absolute atomic E-state index is 0.0681. The van der Waals surface area contributed by atoms with Crippen LogP contribution in [0.1, 0.15) is 11.1 Å². The summed E-state index contributed by atoms with van der Waals surface area (Å²) in [6.45, 7) is 0. The molecule has 0 aliphatic heterocycles. The predicted octanol–water partition coefficient (Wildman–Crippen LogP) is 4.76. The van der Waals surface area contributed by atoms with Gasteiger partial charge in [0.15, 0.2) is 0 Å². The van der Waals surface area contributed by atoms with Crippen LogP contribution in [0, 0.1) is 28.8 Å². The second kappa shape index (κ2) is 6.82. The Balaban J connectivity index is 2.09. The average molecular weight is 381 g/mol. The number of nitriles is 1. The molecule has 25 heavy (non-hydrogen) atoms. The zero-order chi connectivity index (χ0) is 18.1. The number of benzene rings is 2. The molecule has 3 nitrogen and oxygen atoms in total. The lowest BCUT2D eigenvalue weighted by molar-refractivity contribution is 0.592. The minimum Gasteiger partial charge on any atom is -0.315 e. The molecule has 3 aromatic rings. The van der Waals surface area contributed by atoms with Crippen LogP contribution < -0.4 is 5.56 Å². The van der Waals surface area contributed by atoms with Crippen LogP contribution in [0.3, 0.4) is 0 Å². The maximum absolute atomic E-state index is 13.9. The smallest absolute Gasteiger partial charge is 0.267 e. The summed E-state index contributed by atoms with van der Waals surface area (Å²) < 4.78 is 41.0. The monoisotopic (exact) mass is 380 g/mol. The predicted molar refractivity (Wildman–Crippen MR) is 90.2 cm³/mol. The van der Waals surface area contributed by atoms with Gasteiger partial charge in [0, 0.05) is 22.1 Å². The Bertz CT molecular complexity index is 1090. The highest BCUT2D eigenvalue weighted by atomic mass is 35.5. The van der Waals surface area contributed by atoms with Crippen molar-refractivity contribution in [3.05, 3.63) is 74.3 Å². The summed E-state index contributed by atoms with van der Waals surface area (Å²) >= 11 is 6.74. The van der Waals surface area contributed by atoms with Gasteiger partial charge < -0.3 is 4.98 Å². The average Bonchev–Trinajstić information content (AvgIpc) is 2.58. The Morgan fingerprint density at radius 3 is 2.56 bits per heavy atom. The van der Waals surface area contributed by atoms with Gasteiger partial charge in [-0.1, -0.05) is 11.6 Å². The van der Waals surface area contributed by atoms with E-state index in [2.05, 4.69) is 4.98 Å². The van der Waals surface area contributed by atoms with E-state index >= 15 is 0 Å². The fourth-order valence-corrected chi connectivity index (χ4v) is 3.71. The van der Waals surface area contributed by atoms with Crippen molar-refractivity contribution in [2.24, 2.45) is 0 Å². The molecule has 0 unspecified atom stereocenters. The first-order valence-electron chi connectivity index (χ1n) is 6.93. The number of thioether (sulfide) groups is 1. The number of nitrogens with zero attached hydrogens (tertiary/aromatic N) is 1. The quantitative estimate of drug-likeness (QED) is 0.526. The minimum atomic E-state index is -0.761. The first kappa shape index (κ1) is 17.4. The molecule has 3 rings (SSSR count). The van der Waals surface area contributed by atoms with Crippen LogP contribution in [-0.4, -0.2) is 4.98 Å². The second-order valence-corrected chi connectivity index (χ2v) is 6.43. The summed E-state index contributed by atoms with van der Waals surface area (Å²) in [5.41, 5.74) is -0.856. The van der Waals surface area contributed by atoms with E-state index < -0.39 is 23.0 Å². The number of aromatic amines is 1. The second-order valence-electron chi connectivity index (χ2n) is 5.07. The summed E-state index contributed by atoms with van der Waals surface area (Å²) in [4.78, 5) is 14.5. The van der Waals surface area contributed by atoms with Gasteiger partial charge in [-0.05, 0) is 30.3 Å². The molecule has 0 radical (unpaired) electrons. The molecule has 0 aliphatic rings. The Kier molecular flexibility index (Phi) is 4.75. The number of halogens is 4. The van der Waals surface area contributed by atoms with E-state index in [9.17, 15) is 18.0 Å². The molecule has 1 heterocycles. The van der Waals surface area contributed by atoms with Crippen molar-refractivity contribution in [3.8, 4) is 6.07 Å². The maximum atomic E-state index is 13.9. The highest BCUT2D eigenvalue weighted by Crippen LogP contribution is 2.33.